The summed E-state index contributed by atoms with van der Waals surface area (Å²) < 4.78 is 7.76. The molecule has 0 aliphatic carbocycles. The van der Waals surface area contributed by atoms with E-state index >= 15 is 0 Å². The van der Waals surface area contributed by atoms with Gasteiger partial charge in [0.15, 0.2) is 0 Å². The van der Waals surface area contributed by atoms with Crippen LogP contribution in [0.15, 0.2) is 48.5 Å². The van der Waals surface area contributed by atoms with Gasteiger partial charge in [-0.25, -0.2) is 0 Å². The quantitative estimate of drug-likeness (QED) is 0.718. The second-order valence-electron chi connectivity index (χ2n) is 5.66. The van der Waals surface area contributed by atoms with E-state index in [9.17, 15) is 5.11 Å². The predicted octanol–water partition coefficient (Wildman–Crippen LogP) is 2.05. The zero-order valence-corrected chi connectivity index (χ0v) is 11.6. The van der Waals surface area contributed by atoms with Crippen molar-refractivity contribution in [3.63, 3.8) is 0 Å². The van der Waals surface area contributed by atoms with E-state index < -0.39 is 6.10 Å². The second-order valence-corrected chi connectivity index (χ2v) is 5.66. The van der Waals surface area contributed by atoms with Gasteiger partial charge in [-0.3, -0.25) is 0 Å². The number of hydrogen-bond donors (Lipinski definition) is 2. The summed E-state index contributed by atoms with van der Waals surface area (Å²) in [6, 6.07) is 16.0. The Morgan fingerprint density at radius 2 is 1.52 bits per heavy atom. The Kier molecular flexibility index (Phi) is 2.96. The molecule has 1 aromatic heterocycles. The van der Waals surface area contributed by atoms with Crippen molar-refractivity contribution >= 4 is 21.8 Å². The van der Waals surface area contributed by atoms with E-state index in [0.717, 1.165) is 11.0 Å². The summed E-state index contributed by atoms with van der Waals surface area (Å²) in [4.78, 5) is 0. The third-order valence-corrected chi connectivity index (χ3v) is 4.38. The summed E-state index contributed by atoms with van der Waals surface area (Å²) in [5, 5.41) is 12.9. The Balaban J connectivity index is 2.01. The normalized spacial score (nSPS) is 26.5. The van der Waals surface area contributed by atoms with Crippen molar-refractivity contribution in [3.05, 3.63) is 48.5 Å². The van der Waals surface area contributed by atoms with Gasteiger partial charge in [0.2, 0.25) is 0 Å². The number of aliphatic hydroxyl groups excluding tert-OH is 1. The number of aliphatic hydroxyl groups is 1. The minimum absolute atomic E-state index is 0.154. The van der Waals surface area contributed by atoms with Crippen LogP contribution in [0.5, 0.6) is 0 Å². The first-order valence-corrected chi connectivity index (χ1v) is 7.26. The maximum atomic E-state index is 10.5. The Bertz CT molecular complexity index is 742. The van der Waals surface area contributed by atoms with Crippen LogP contribution in [0, 0.1) is 0 Å². The summed E-state index contributed by atoms with van der Waals surface area (Å²) in [7, 11) is 0. The second kappa shape index (κ2) is 4.84. The fourth-order valence-corrected chi connectivity index (χ4v) is 3.34. The maximum Gasteiger partial charge on any atom is 0.0943 e. The van der Waals surface area contributed by atoms with E-state index in [0.29, 0.717) is 13.2 Å². The molecule has 2 aromatic carbocycles. The zero-order chi connectivity index (χ0) is 14.4. The molecule has 1 saturated heterocycles. The molecule has 1 unspecified atom stereocenters. The molecular weight excluding hydrogens is 264 g/mol. The molecule has 1 aliphatic rings. The summed E-state index contributed by atoms with van der Waals surface area (Å²) in [6.07, 6.45) is -0.599. The molecule has 1 fully saturated rings. The minimum atomic E-state index is -0.599. The molecule has 21 heavy (non-hydrogen) atoms. The van der Waals surface area contributed by atoms with Gasteiger partial charge >= 0.3 is 0 Å². The first-order chi connectivity index (χ1) is 10.3. The van der Waals surface area contributed by atoms with Gasteiger partial charge in [-0.15, -0.1) is 0 Å². The average Bonchev–Trinajstić information content (AvgIpc) is 2.85. The van der Waals surface area contributed by atoms with Gasteiger partial charge in [0.25, 0.3) is 0 Å². The lowest BCUT2D eigenvalue weighted by Gasteiger charge is -2.34. The van der Waals surface area contributed by atoms with Crippen molar-refractivity contribution < 1.29 is 9.84 Å². The third-order valence-electron chi connectivity index (χ3n) is 4.38. The molecule has 3 atom stereocenters. The van der Waals surface area contributed by atoms with E-state index in [4.69, 9.17) is 10.5 Å². The van der Waals surface area contributed by atoms with Crippen molar-refractivity contribution in [2.75, 3.05) is 13.2 Å². The van der Waals surface area contributed by atoms with Crippen LogP contribution < -0.4 is 5.73 Å². The largest absolute Gasteiger partial charge is 0.389 e. The van der Waals surface area contributed by atoms with E-state index in [1.807, 2.05) is 24.3 Å². The summed E-state index contributed by atoms with van der Waals surface area (Å²) in [5.74, 6) is 0. The SMILES string of the molecule is N[C@@H]1COCC(n2c3ccccc3c3ccccc32)[C@H]1O. The Morgan fingerprint density at radius 1 is 0.952 bits per heavy atom. The molecule has 0 radical (unpaired) electrons. The van der Waals surface area contributed by atoms with Crippen LogP contribution in [0.1, 0.15) is 6.04 Å². The first kappa shape index (κ1) is 12.8. The van der Waals surface area contributed by atoms with Gasteiger partial charge in [0.1, 0.15) is 0 Å². The smallest absolute Gasteiger partial charge is 0.0943 e. The number of nitrogens with two attached hydrogens (primary N) is 1. The molecule has 1 aliphatic heterocycles. The van der Waals surface area contributed by atoms with Gasteiger partial charge in [-0.05, 0) is 12.1 Å². The van der Waals surface area contributed by atoms with Gasteiger partial charge in [-0.1, -0.05) is 36.4 Å². The van der Waals surface area contributed by atoms with Crippen LogP contribution in [-0.4, -0.2) is 35.0 Å². The molecular formula is C17H18N2O2. The predicted molar refractivity (Wildman–Crippen MR) is 83.3 cm³/mol. The van der Waals surface area contributed by atoms with Crippen LogP contribution in [0.25, 0.3) is 21.8 Å². The number of ether oxygens (including phenoxy) is 1. The van der Waals surface area contributed by atoms with Gasteiger partial charge in [0.05, 0.1) is 31.4 Å². The zero-order valence-electron chi connectivity index (χ0n) is 11.6. The van der Waals surface area contributed by atoms with Crippen molar-refractivity contribution in [2.24, 2.45) is 5.73 Å². The van der Waals surface area contributed by atoms with E-state index in [-0.39, 0.29) is 12.1 Å². The molecule has 0 spiro atoms. The fraction of sp³-hybridized carbons (Fsp3) is 0.294. The molecule has 0 saturated carbocycles. The van der Waals surface area contributed by atoms with Crippen molar-refractivity contribution in [1.82, 2.24) is 4.57 Å². The number of benzene rings is 2. The maximum absolute atomic E-state index is 10.5. The molecule has 0 bridgehead atoms. The van der Waals surface area contributed by atoms with E-state index in [1.54, 1.807) is 0 Å². The number of nitrogens with zero attached hydrogens (tertiary/aromatic N) is 1. The highest BCUT2D eigenvalue weighted by Crippen LogP contribution is 2.34. The summed E-state index contributed by atoms with van der Waals surface area (Å²) in [5.41, 5.74) is 8.20. The molecule has 3 N–H and O–H groups in total. The van der Waals surface area contributed by atoms with Crippen LogP contribution in [0.2, 0.25) is 0 Å². The Labute approximate surface area is 122 Å². The third kappa shape index (κ3) is 1.87. The van der Waals surface area contributed by atoms with Crippen molar-refractivity contribution in [2.45, 2.75) is 18.2 Å². The topological polar surface area (TPSA) is 60.4 Å². The minimum Gasteiger partial charge on any atom is -0.389 e. The van der Waals surface area contributed by atoms with Crippen LogP contribution in [0.4, 0.5) is 0 Å². The summed E-state index contributed by atoms with van der Waals surface area (Å²) in [6.45, 7) is 0.895. The van der Waals surface area contributed by atoms with Crippen LogP contribution in [-0.2, 0) is 4.74 Å². The highest BCUT2D eigenvalue weighted by Gasteiger charge is 2.33. The standard InChI is InChI=1S/C17H18N2O2/c18-13-9-21-10-16(17(13)20)19-14-7-3-1-5-11(14)12-6-2-4-8-15(12)19/h1-8,13,16-17,20H,9-10,18H2/t13-,16?,17+/m1/s1. The number of fused-ring (bicyclic) bond motifs is 3. The van der Waals surface area contributed by atoms with Crippen molar-refractivity contribution in [1.29, 1.82) is 0 Å². The lowest BCUT2D eigenvalue weighted by molar-refractivity contribution is -0.0416. The first-order valence-electron chi connectivity index (χ1n) is 7.26. The molecule has 2 heterocycles. The molecule has 4 rings (SSSR count). The highest BCUT2D eigenvalue weighted by molar-refractivity contribution is 6.08. The lowest BCUT2D eigenvalue weighted by Crippen LogP contribution is -2.49. The molecule has 4 nitrogen and oxygen atoms in total. The fourth-order valence-electron chi connectivity index (χ4n) is 3.34. The molecule has 108 valence electrons. The number of hydrogen-bond acceptors (Lipinski definition) is 3. The molecule has 4 heteroatoms. The number of para-hydroxylation sites is 2. The van der Waals surface area contributed by atoms with E-state index in [1.165, 1.54) is 10.8 Å². The van der Waals surface area contributed by atoms with Gasteiger partial charge in [-0.2, -0.15) is 0 Å². The Hall–Kier alpha value is -1.88. The monoisotopic (exact) mass is 282 g/mol. The van der Waals surface area contributed by atoms with Crippen LogP contribution >= 0.6 is 0 Å². The highest BCUT2D eigenvalue weighted by atomic mass is 16.5. The summed E-state index contributed by atoms with van der Waals surface area (Å²) >= 11 is 0. The molecule has 3 aromatic rings. The van der Waals surface area contributed by atoms with Gasteiger partial charge in [0, 0.05) is 21.8 Å². The van der Waals surface area contributed by atoms with Crippen molar-refractivity contribution in [3.8, 4) is 0 Å². The van der Waals surface area contributed by atoms with E-state index in [2.05, 4.69) is 28.8 Å². The molecule has 0 amide bonds. The number of rotatable bonds is 1. The lowest BCUT2D eigenvalue weighted by atomic mass is 10.0. The van der Waals surface area contributed by atoms with Crippen LogP contribution in [0.3, 0.4) is 0 Å². The Morgan fingerprint density at radius 3 is 2.14 bits per heavy atom. The van der Waals surface area contributed by atoms with Gasteiger partial charge < -0.3 is 20.1 Å². The number of aromatic nitrogens is 1. The average molecular weight is 282 g/mol.